The quantitative estimate of drug-likeness (QED) is 0.775. The molecule has 0 N–H and O–H groups in total. The van der Waals surface area contributed by atoms with Crippen LogP contribution < -0.4 is 4.90 Å². The Bertz CT molecular complexity index is 506. The zero-order chi connectivity index (χ0) is 14.7. The number of ketones is 1. The first kappa shape index (κ1) is 14.6. The van der Waals surface area contributed by atoms with Gasteiger partial charge in [0.15, 0.2) is 5.78 Å². The van der Waals surface area contributed by atoms with Crippen molar-refractivity contribution in [2.75, 3.05) is 24.6 Å². The van der Waals surface area contributed by atoms with Crippen molar-refractivity contribution in [2.24, 2.45) is 0 Å². The van der Waals surface area contributed by atoms with Crippen molar-refractivity contribution in [3.8, 4) is 0 Å². The van der Waals surface area contributed by atoms with E-state index in [-0.39, 0.29) is 5.78 Å². The van der Waals surface area contributed by atoms with Crippen LogP contribution in [0.1, 0.15) is 54.9 Å². The lowest BCUT2D eigenvalue weighted by Crippen LogP contribution is -2.30. The van der Waals surface area contributed by atoms with Gasteiger partial charge in [-0.2, -0.15) is 0 Å². The molecule has 0 aliphatic carbocycles. The zero-order valence-electron chi connectivity index (χ0n) is 12.9. The van der Waals surface area contributed by atoms with E-state index in [1.165, 1.54) is 43.4 Å². The Labute approximate surface area is 127 Å². The van der Waals surface area contributed by atoms with E-state index in [1.54, 1.807) is 6.92 Å². The van der Waals surface area contributed by atoms with E-state index in [0.717, 1.165) is 31.7 Å². The third-order valence-electron chi connectivity index (χ3n) is 4.68. The number of fused-ring (bicyclic) bond motifs is 1. The number of rotatable bonds is 5. The van der Waals surface area contributed by atoms with Crippen LogP contribution in [0.4, 0.5) is 5.69 Å². The summed E-state index contributed by atoms with van der Waals surface area (Å²) in [5.74, 6) is 0.160. The van der Waals surface area contributed by atoms with Gasteiger partial charge in [0.2, 0.25) is 0 Å². The largest absolute Gasteiger partial charge is 0.378 e. The summed E-state index contributed by atoms with van der Waals surface area (Å²) in [6.45, 7) is 4.83. The van der Waals surface area contributed by atoms with Gasteiger partial charge in [0.25, 0.3) is 0 Å². The smallest absolute Gasteiger partial charge is 0.159 e. The second-order valence-corrected chi connectivity index (χ2v) is 6.27. The first-order chi connectivity index (χ1) is 10.2. The normalized spacial score (nSPS) is 21.4. The number of ether oxygens (including phenoxy) is 1. The molecule has 0 bridgehead atoms. The third-order valence-corrected chi connectivity index (χ3v) is 4.68. The molecule has 0 spiro atoms. The Morgan fingerprint density at radius 2 is 2.29 bits per heavy atom. The van der Waals surface area contributed by atoms with Gasteiger partial charge in [0.1, 0.15) is 0 Å². The van der Waals surface area contributed by atoms with Crippen LogP contribution in [-0.4, -0.2) is 31.6 Å². The second kappa shape index (κ2) is 6.61. The zero-order valence-corrected chi connectivity index (χ0v) is 12.9. The lowest BCUT2D eigenvalue weighted by Gasteiger charge is -2.32. The van der Waals surface area contributed by atoms with Crippen molar-refractivity contribution in [2.45, 2.75) is 51.6 Å². The molecule has 0 aromatic heterocycles. The Morgan fingerprint density at radius 3 is 3.05 bits per heavy atom. The number of carbonyl (C=O) groups is 1. The minimum Gasteiger partial charge on any atom is -0.378 e. The van der Waals surface area contributed by atoms with Gasteiger partial charge < -0.3 is 9.64 Å². The highest BCUT2D eigenvalue weighted by Gasteiger charge is 2.19. The molecule has 114 valence electrons. The minimum atomic E-state index is 0.160. The molecule has 1 saturated heterocycles. The molecule has 0 amide bonds. The van der Waals surface area contributed by atoms with E-state index in [4.69, 9.17) is 4.74 Å². The maximum absolute atomic E-state index is 11.5. The number of aryl methyl sites for hydroxylation is 1. The molecule has 1 aromatic carbocycles. The molecule has 3 heteroatoms. The van der Waals surface area contributed by atoms with Crippen LogP contribution in [0.5, 0.6) is 0 Å². The maximum atomic E-state index is 11.5. The summed E-state index contributed by atoms with van der Waals surface area (Å²) in [6.07, 6.45) is 7.61. The summed E-state index contributed by atoms with van der Waals surface area (Å²) >= 11 is 0. The number of hydrogen-bond donors (Lipinski definition) is 0. The van der Waals surface area contributed by atoms with Gasteiger partial charge in [0, 0.05) is 30.9 Å². The van der Waals surface area contributed by atoms with Gasteiger partial charge >= 0.3 is 0 Å². The molecule has 21 heavy (non-hydrogen) atoms. The van der Waals surface area contributed by atoms with Crippen molar-refractivity contribution in [3.05, 3.63) is 29.3 Å². The van der Waals surface area contributed by atoms with E-state index < -0.39 is 0 Å². The molecule has 1 aromatic rings. The molecule has 2 aliphatic rings. The molecule has 1 fully saturated rings. The molecular formula is C18H25NO2. The van der Waals surface area contributed by atoms with Gasteiger partial charge in [-0.25, -0.2) is 0 Å². The summed E-state index contributed by atoms with van der Waals surface area (Å²) in [7, 11) is 0. The van der Waals surface area contributed by atoms with Gasteiger partial charge in [-0.05, 0) is 69.2 Å². The lowest BCUT2D eigenvalue weighted by atomic mass is 9.97. The fourth-order valence-corrected chi connectivity index (χ4v) is 3.51. The van der Waals surface area contributed by atoms with Crippen molar-refractivity contribution in [1.82, 2.24) is 0 Å². The van der Waals surface area contributed by atoms with E-state index >= 15 is 0 Å². The predicted molar refractivity (Wildman–Crippen MR) is 85.2 cm³/mol. The highest BCUT2D eigenvalue weighted by Crippen LogP contribution is 2.29. The number of carbonyl (C=O) groups excluding carboxylic acids is 1. The minimum absolute atomic E-state index is 0.160. The number of hydrogen-bond acceptors (Lipinski definition) is 3. The fourth-order valence-electron chi connectivity index (χ4n) is 3.51. The molecule has 3 rings (SSSR count). The standard InChI is InChI=1S/C18H25NO2/c1-14(20)15-8-9-18-16(13-15)5-2-10-19(18)11-3-6-17-7-4-12-21-17/h8-9,13,17H,2-7,10-12H2,1H3. The molecule has 2 heterocycles. The number of nitrogens with zero attached hydrogens (tertiary/aromatic N) is 1. The second-order valence-electron chi connectivity index (χ2n) is 6.27. The predicted octanol–water partition coefficient (Wildman–Crippen LogP) is 3.60. The first-order valence-corrected chi connectivity index (χ1v) is 8.24. The van der Waals surface area contributed by atoms with Gasteiger partial charge in [-0.15, -0.1) is 0 Å². The van der Waals surface area contributed by atoms with Crippen molar-refractivity contribution in [3.63, 3.8) is 0 Å². The average Bonchev–Trinajstić information content (AvgIpc) is 3.00. The molecule has 0 saturated carbocycles. The van der Waals surface area contributed by atoms with Crippen LogP contribution in [0, 0.1) is 0 Å². The number of Topliss-reactive ketones (excluding diaryl/α,β-unsaturated/α-hetero) is 1. The van der Waals surface area contributed by atoms with Crippen LogP contribution in [-0.2, 0) is 11.2 Å². The SMILES string of the molecule is CC(=O)c1ccc2c(c1)CCCN2CCCC1CCCO1. The maximum Gasteiger partial charge on any atom is 0.159 e. The van der Waals surface area contributed by atoms with E-state index in [9.17, 15) is 4.79 Å². The van der Waals surface area contributed by atoms with Crippen LogP contribution in [0.15, 0.2) is 18.2 Å². The summed E-state index contributed by atoms with van der Waals surface area (Å²) in [5.41, 5.74) is 3.51. The summed E-state index contributed by atoms with van der Waals surface area (Å²) in [5, 5.41) is 0. The molecular weight excluding hydrogens is 262 g/mol. The highest BCUT2D eigenvalue weighted by atomic mass is 16.5. The van der Waals surface area contributed by atoms with Crippen molar-refractivity contribution < 1.29 is 9.53 Å². The Balaban J connectivity index is 1.61. The lowest BCUT2D eigenvalue weighted by molar-refractivity contribution is 0.101. The fraction of sp³-hybridized carbons (Fsp3) is 0.611. The Morgan fingerprint density at radius 1 is 1.38 bits per heavy atom. The van der Waals surface area contributed by atoms with E-state index in [1.807, 2.05) is 6.07 Å². The number of benzene rings is 1. The van der Waals surface area contributed by atoms with Crippen LogP contribution in [0.25, 0.3) is 0 Å². The van der Waals surface area contributed by atoms with Gasteiger partial charge in [0.05, 0.1) is 6.10 Å². The Kier molecular flexibility index (Phi) is 4.59. The van der Waals surface area contributed by atoms with Crippen LogP contribution in [0.2, 0.25) is 0 Å². The summed E-state index contributed by atoms with van der Waals surface area (Å²) in [6, 6.07) is 6.20. The van der Waals surface area contributed by atoms with Gasteiger partial charge in [-0.1, -0.05) is 0 Å². The van der Waals surface area contributed by atoms with Crippen molar-refractivity contribution >= 4 is 11.5 Å². The Hall–Kier alpha value is -1.35. The van der Waals surface area contributed by atoms with Crippen LogP contribution in [0.3, 0.4) is 0 Å². The summed E-state index contributed by atoms with van der Waals surface area (Å²) < 4.78 is 5.70. The molecule has 2 aliphatic heterocycles. The third kappa shape index (κ3) is 3.46. The first-order valence-electron chi connectivity index (χ1n) is 8.24. The van der Waals surface area contributed by atoms with E-state index in [2.05, 4.69) is 17.0 Å². The average molecular weight is 287 g/mol. The topological polar surface area (TPSA) is 29.5 Å². The molecule has 1 unspecified atom stereocenters. The monoisotopic (exact) mass is 287 g/mol. The molecule has 1 atom stereocenters. The number of anilines is 1. The summed E-state index contributed by atoms with van der Waals surface area (Å²) in [4.78, 5) is 14.0. The van der Waals surface area contributed by atoms with E-state index in [0.29, 0.717) is 6.10 Å². The highest BCUT2D eigenvalue weighted by molar-refractivity contribution is 5.94. The van der Waals surface area contributed by atoms with Crippen molar-refractivity contribution in [1.29, 1.82) is 0 Å². The molecule has 3 nitrogen and oxygen atoms in total. The van der Waals surface area contributed by atoms with Crippen LogP contribution >= 0.6 is 0 Å². The molecule has 0 radical (unpaired) electrons. The van der Waals surface area contributed by atoms with Gasteiger partial charge in [-0.3, -0.25) is 4.79 Å².